The normalized spacial score (nSPS) is 42.5. The van der Waals surface area contributed by atoms with Crippen molar-refractivity contribution in [2.75, 3.05) is 6.61 Å². The van der Waals surface area contributed by atoms with Crippen molar-refractivity contribution in [2.45, 2.75) is 80.1 Å². The summed E-state index contributed by atoms with van der Waals surface area (Å²) in [5.74, 6) is 2.32. The van der Waals surface area contributed by atoms with Crippen molar-refractivity contribution in [1.82, 2.24) is 0 Å². The highest BCUT2D eigenvalue weighted by atomic mass is 16.2. The average molecular weight is 319 g/mol. The summed E-state index contributed by atoms with van der Waals surface area (Å²) in [6.07, 6.45) is 12.6. The smallest absolute Gasteiger partial charge is 0.0617 e. The average Bonchev–Trinajstić information content (AvgIpc) is 2.46. The van der Waals surface area contributed by atoms with E-state index in [1.165, 1.54) is 49.7 Å². The fourth-order valence-electron chi connectivity index (χ4n) is 6.36. The highest BCUT2D eigenvalue weighted by molar-refractivity contribution is 5.25. The highest BCUT2D eigenvalue weighted by Crippen LogP contribution is 2.63. The first-order valence-corrected chi connectivity index (χ1v) is 9.74. The van der Waals surface area contributed by atoms with Gasteiger partial charge in [0.05, 0.1) is 6.61 Å². The van der Waals surface area contributed by atoms with Crippen LogP contribution in [-0.2, 0) is 0 Å². The molecule has 0 saturated heterocycles. The number of aliphatic hydroxyl groups is 1. The van der Waals surface area contributed by atoms with Gasteiger partial charge in [0, 0.05) is 0 Å². The van der Waals surface area contributed by atoms with Gasteiger partial charge in [0.25, 0.3) is 0 Å². The maximum Gasteiger partial charge on any atom is 0.0617 e. The Hall–Kier alpha value is -0.560. The Morgan fingerprint density at radius 1 is 1.17 bits per heavy atom. The summed E-state index contributed by atoms with van der Waals surface area (Å²) >= 11 is 0. The van der Waals surface area contributed by atoms with Crippen LogP contribution in [0.2, 0.25) is 0 Å². The van der Waals surface area contributed by atoms with Crippen LogP contribution in [0.25, 0.3) is 0 Å². The summed E-state index contributed by atoms with van der Waals surface area (Å²) in [7, 11) is 0. The molecule has 2 aliphatic rings. The molecule has 2 aliphatic carbocycles. The fourth-order valence-corrected chi connectivity index (χ4v) is 6.36. The molecule has 0 aliphatic heterocycles. The predicted molar refractivity (Wildman–Crippen MR) is 100 cm³/mol. The Labute approximate surface area is 144 Å². The van der Waals surface area contributed by atoms with Gasteiger partial charge in [-0.05, 0) is 68.1 Å². The van der Waals surface area contributed by atoms with Crippen molar-refractivity contribution in [3.63, 3.8) is 0 Å². The van der Waals surface area contributed by atoms with Crippen molar-refractivity contribution in [3.05, 3.63) is 23.3 Å². The first kappa shape index (κ1) is 18.8. The minimum Gasteiger partial charge on any atom is -0.392 e. The predicted octanol–water partition coefficient (Wildman–Crippen LogP) is 6.14. The van der Waals surface area contributed by atoms with Gasteiger partial charge in [-0.2, -0.15) is 0 Å². The molecule has 2 fully saturated rings. The van der Waals surface area contributed by atoms with E-state index >= 15 is 0 Å². The third kappa shape index (κ3) is 3.45. The molecule has 0 aromatic rings. The van der Waals surface area contributed by atoms with Crippen LogP contribution in [0.5, 0.6) is 0 Å². The Morgan fingerprint density at radius 3 is 2.48 bits per heavy atom. The second-order valence-electron chi connectivity index (χ2n) is 8.97. The maximum absolute atomic E-state index is 9.14. The van der Waals surface area contributed by atoms with Crippen LogP contribution < -0.4 is 0 Å². The third-order valence-electron chi connectivity index (χ3n) is 7.46. The van der Waals surface area contributed by atoms with E-state index in [-0.39, 0.29) is 6.61 Å². The summed E-state index contributed by atoms with van der Waals surface area (Å²) in [6.45, 7) is 14.6. The van der Waals surface area contributed by atoms with Gasteiger partial charge in [0.1, 0.15) is 0 Å². The van der Waals surface area contributed by atoms with Crippen molar-refractivity contribution in [1.29, 1.82) is 0 Å². The molecule has 0 heterocycles. The Kier molecular flexibility index (Phi) is 5.82. The molecule has 2 rings (SSSR count). The topological polar surface area (TPSA) is 20.2 Å². The van der Waals surface area contributed by atoms with Gasteiger partial charge in [-0.15, -0.1) is 0 Å². The molecule has 1 heteroatoms. The minimum atomic E-state index is 0.142. The minimum absolute atomic E-state index is 0.142. The lowest BCUT2D eigenvalue weighted by atomic mass is 9.45. The van der Waals surface area contributed by atoms with Crippen LogP contribution in [0.3, 0.4) is 0 Å². The van der Waals surface area contributed by atoms with Crippen LogP contribution in [0.4, 0.5) is 0 Å². The van der Waals surface area contributed by atoms with E-state index in [1.54, 1.807) is 0 Å². The maximum atomic E-state index is 9.14. The third-order valence-corrected chi connectivity index (χ3v) is 7.46. The van der Waals surface area contributed by atoms with Gasteiger partial charge in [-0.1, -0.05) is 63.8 Å². The van der Waals surface area contributed by atoms with E-state index in [9.17, 15) is 0 Å². The van der Waals surface area contributed by atoms with Crippen molar-refractivity contribution in [3.8, 4) is 0 Å². The number of allylic oxidation sites excluding steroid dienone is 3. The monoisotopic (exact) mass is 318 g/mol. The lowest BCUT2D eigenvalue weighted by Crippen LogP contribution is -2.52. The summed E-state index contributed by atoms with van der Waals surface area (Å²) in [5.41, 5.74) is 3.71. The van der Waals surface area contributed by atoms with Gasteiger partial charge < -0.3 is 5.11 Å². The van der Waals surface area contributed by atoms with Gasteiger partial charge in [-0.3, -0.25) is 0 Å². The molecule has 2 saturated carbocycles. The van der Waals surface area contributed by atoms with Crippen molar-refractivity contribution < 1.29 is 5.11 Å². The molecule has 0 radical (unpaired) electrons. The number of hydrogen-bond donors (Lipinski definition) is 1. The molecule has 23 heavy (non-hydrogen) atoms. The van der Waals surface area contributed by atoms with Gasteiger partial charge >= 0.3 is 0 Å². The van der Waals surface area contributed by atoms with Gasteiger partial charge in [0.2, 0.25) is 0 Å². The van der Waals surface area contributed by atoms with Crippen LogP contribution >= 0.6 is 0 Å². The molecule has 4 unspecified atom stereocenters. The van der Waals surface area contributed by atoms with Crippen LogP contribution in [-0.4, -0.2) is 11.7 Å². The molecule has 0 spiro atoms. The molecule has 132 valence electrons. The summed E-state index contributed by atoms with van der Waals surface area (Å²) in [4.78, 5) is 0. The molecule has 0 aromatic carbocycles. The Bertz CT molecular complexity index is 474. The largest absolute Gasteiger partial charge is 0.392 e. The molecule has 0 amide bonds. The lowest BCUT2D eigenvalue weighted by Gasteiger charge is -2.60. The second-order valence-corrected chi connectivity index (χ2v) is 8.97. The number of hydrogen-bond acceptors (Lipinski definition) is 1. The lowest BCUT2D eigenvalue weighted by molar-refractivity contribution is -0.0896. The first-order chi connectivity index (χ1) is 10.8. The zero-order valence-corrected chi connectivity index (χ0v) is 16.3. The first-order valence-electron chi connectivity index (χ1n) is 9.74. The molecule has 0 aromatic heterocycles. The standard InChI is InChI=1S/C22H38O/c1-7-21(5)12-8-13-22(6)19(21)10-9-17(3)20(22)18(4)15-16(2)11-14-23/h11,15,17,19-20,23H,7-10,12-14H2,1-6H3/b16-11+,18-15+/t17?,19?,20?,21-,22?/m0/s1. The van der Waals surface area contributed by atoms with E-state index in [0.717, 1.165) is 11.8 Å². The van der Waals surface area contributed by atoms with Crippen molar-refractivity contribution in [2.24, 2.45) is 28.6 Å². The zero-order chi connectivity index (χ0) is 17.3. The number of aliphatic hydroxyl groups excluding tert-OH is 1. The highest BCUT2D eigenvalue weighted by Gasteiger charge is 2.54. The molecule has 1 nitrogen and oxygen atoms in total. The summed E-state index contributed by atoms with van der Waals surface area (Å²) in [5, 5.41) is 9.14. The van der Waals surface area contributed by atoms with Crippen molar-refractivity contribution >= 4 is 0 Å². The number of rotatable bonds is 4. The van der Waals surface area contributed by atoms with E-state index in [1.807, 2.05) is 6.08 Å². The second kappa shape index (κ2) is 7.13. The molecular weight excluding hydrogens is 280 g/mol. The molecule has 1 N–H and O–H groups in total. The quantitative estimate of drug-likeness (QED) is 0.617. The Balaban J connectivity index is 2.39. The van der Waals surface area contributed by atoms with Gasteiger partial charge in [0.15, 0.2) is 0 Å². The van der Waals surface area contributed by atoms with E-state index in [4.69, 9.17) is 5.11 Å². The molecule has 5 atom stereocenters. The van der Waals surface area contributed by atoms with Crippen LogP contribution in [0.1, 0.15) is 80.1 Å². The Morgan fingerprint density at radius 2 is 1.87 bits per heavy atom. The van der Waals surface area contributed by atoms with E-state index < -0.39 is 0 Å². The summed E-state index contributed by atoms with van der Waals surface area (Å²) < 4.78 is 0. The molecule has 0 bridgehead atoms. The van der Waals surface area contributed by atoms with E-state index in [2.05, 4.69) is 47.6 Å². The SMILES string of the molecule is CC[C@@]1(C)CCCC2(C)C(/C(C)=C/C(C)=C/CO)C(C)CCC21. The van der Waals surface area contributed by atoms with Gasteiger partial charge in [-0.25, -0.2) is 0 Å². The molecular formula is C22H38O. The van der Waals surface area contributed by atoms with E-state index in [0.29, 0.717) is 16.7 Å². The van der Waals surface area contributed by atoms with Crippen LogP contribution in [0, 0.1) is 28.6 Å². The zero-order valence-electron chi connectivity index (χ0n) is 16.3. The number of fused-ring (bicyclic) bond motifs is 1. The van der Waals surface area contributed by atoms with Crippen LogP contribution in [0.15, 0.2) is 23.3 Å². The summed E-state index contributed by atoms with van der Waals surface area (Å²) in [6, 6.07) is 0. The fraction of sp³-hybridized carbons (Fsp3) is 0.818.